The van der Waals surface area contributed by atoms with Gasteiger partial charge in [0.2, 0.25) is 0 Å². The Morgan fingerprint density at radius 2 is 1.38 bits per heavy atom. The Labute approximate surface area is 289 Å². The molecule has 3 atom stereocenters. The molecule has 4 nitrogen and oxygen atoms in total. The van der Waals surface area contributed by atoms with Crippen molar-refractivity contribution < 1.29 is 18.9 Å². The number of benzene rings is 4. The minimum absolute atomic E-state index is 0.00712. The van der Waals surface area contributed by atoms with Crippen LogP contribution in [0.2, 0.25) is 0 Å². The van der Waals surface area contributed by atoms with Gasteiger partial charge in [0.1, 0.15) is 28.9 Å². The molecule has 252 valence electrons. The second kappa shape index (κ2) is 17.7. The van der Waals surface area contributed by atoms with Crippen LogP contribution in [0.5, 0.6) is 5.75 Å². The minimum Gasteiger partial charge on any atom is -0.497 e. The van der Waals surface area contributed by atoms with Crippen molar-refractivity contribution >= 4 is 23.2 Å². The van der Waals surface area contributed by atoms with E-state index in [0.717, 1.165) is 49.6 Å². The van der Waals surface area contributed by atoms with Gasteiger partial charge in [-0.25, -0.2) is 0 Å². The third-order valence-electron chi connectivity index (χ3n) is 9.01. The first-order valence-corrected chi connectivity index (χ1v) is 19.3. The van der Waals surface area contributed by atoms with Gasteiger partial charge in [0.05, 0.1) is 38.2 Å². The molecular weight excluding hydrogens is 611 g/mol. The Bertz CT molecular complexity index is 1450. The highest BCUT2D eigenvalue weighted by atomic mass is 31.2. The van der Waals surface area contributed by atoms with Crippen LogP contribution >= 0.6 is 7.26 Å². The van der Waals surface area contributed by atoms with Crippen molar-refractivity contribution in [2.45, 2.75) is 83.6 Å². The molecular formula is C43H52O4P+. The molecule has 0 unspecified atom stereocenters. The molecule has 5 heteroatoms. The molecule has 0 radical (unpaired) electrons. The van der Waals surface area contributed by atoms with Crippen molar-refractivity contribution in [2.24, 2.45) is 0 Å². The zero-order valence-corrected chi connectivity index (χ0v) is 29.9. The molecule has 1 heterocycles. The van der Waals surface area contributed by atoms with Gasteiger partial charge in [-0.15, -0.1) is 0 Å². The standard InChI is InChI=1S/C43H52O4P/c1-35(45-34-36-27-29-37(44-4)30-28-36)19-11-6-5-7-12-20-38-33-39(47-43(2,3)46-38)31-32-48(40-21-13-8-14-22-40,41-23-15-9-16-24-41)42-25-17-10-18-26-42/h5,7-10,12-18,20-30,35,38-39H,6,11,19,31-34H2,1-4H3/q+1/b7-5+,20-12+/t35-,38+,39+/m1/s1. The van der Waals surface area contributed by atoms with Gasteiger partial charge in [-0.3, -0.25) is 0 Å². The number of unbranched alkanes of at least 4 members (excludes halogenated alkanes) is 1. The van der Waals surface area contributed by atoms with Crippen LogP contribution in [0.3, 0.4) is 0 Å². The van der Waals surface area contributed by atoms with Crippen molar-refractivity contribution in [3.05, 3.63) is 145 Å². The number of methoxy groups -OCH3 is 1. The first-order chi connectivity index (χ1) is 23.4. The van der Waals surface area contributed by atoms with Gasteiger partial charge < -0.3 is 18.9 Å². The maximum absolute atomic E-state index is 6.57. The van der Waals surface area contributed by atoms with E-state index in [1.165, 1.54) is 15.9 Å². The van der Waals surface area contributed by atoms with E-state index in [1.54, 1.807) is 7.11 Å². The van der Waals surface area contributed by atoms with Crippen LogP contribution in [-0.2, 0) is 20.8 Å². The van der Waals surface area contributed by atoms with Crippen molar-refractivity contribution in [3.63, 3.8) is 0 Å². The lowest BCUT2D eigenvalue weighted by Crippen LogP contribution is -2.45. The molecule has 0 bridgehead atoms. The van der Waals surface area contributed by atoms with Crippen LogP contribution in [-0.4, -0.2) is 37.4 Å². The van der Waals surface area contributed by atoms with Crippen molar-refractivity contribution in [3.8, 4) is 5.75 Å². The van der Waals surface area contributed by atoms with Gasteiger partial charge >= 0.3 is 0 Å². The molecule has 1 fully saturated rings. The van der Waals surface area contributed by atoms with Gasteiger partial charge in [-0.2, -0.15) is 0 Å². The Hall–Kier alpha value is -3.53. The van der Waals surface area contributed by atoms with E-state index < -0.39 is 13.0 Å². The number of allylic oxidation sites excluding steroid dienone is 3. The van der Waals surface area contributed by atoms with Crippen molar-refractivity contribution in [1.29, 1.82) is 0 Å². The third kappa shape index (κ3) is 10.00. The van der Waals surface area contributed by atoms with Gasteiger partial charge in [-0.1, -0.05) is 91.0 Å². The van der Waals surface area contributed by atoms with Gasteiger partial charge in [-0.05, 0) is 94.1 Å². The number of ether oxygens (including phenoxy) is 4. The van der Waals surface area contributed by atoms with Crippen molar-refractivity contribution in [2.75, 3.05) is 13.3 Å². The van der Waals surface area contributed by atoms with E-state index in [-0.39, 0.29) is 18.3 Å². The van der Waals surface area contributed by atoms with Crippen molar-refractivity contribution in [1.82, 2.24) is 0 Å². The summed E-state index contributed by atoms with van der Waals surface area (Å²) in [7, 11) is -0.228. The molecule has 0 aromatic heterocycles. The highest BCUT2D eigenvalue weighted by Gasteiger charge is 2.46. The Balaban J connectivity index is 1.16. The maximum atomic E-state index is 6.57. The molecule has 1 aliphatic rings. The molecule has 0 N–H and O–H groups in total. The normalized spacial score (nSPS) is 18.7. The molecule has 4 aromatic carbocycles. The van der Waals surface area contributed by atoms with E-state index >= 15 is 0 Å². The van der Waals surface area contributed by atoms with E-state index in [4.69, 9.17) is 18.9 Å². The number of hydrogen-bond acceptors (Lipinski definition) is 4. The predicted molar refractivity (Wildman–Crippen MR) is 202 cm³/mol. The number of rotatable bonds is 16. The summed E-state index contributed by atoms with van der Waals surface area (Å²) in [6, 6.07) is 41.4. The zero-order chi connectivity index (χ0) is 33.7. The average molecular weight is 664 g/mol. The van der Waals surface area contributed by atoms with Crippen LogP contribution in [0, 0.1) is 0 Å². The summed E-state index contributed by atoms with van der Waals surface area (Å²) in [5, 5.41) is 4.23. The van der Waals surface area contributed by atoms with Gasteiger partial charge in [0.15, 0.2) is 5.79 Å². The molecule has 4 aromatic rings. The first-order valence-electron chi connectivity index (χ1n) is 17.4. The van der Waals surface area contributed by atoms with Crippen LogP contribution in [0.1, 0.15) is 58.4 Å². The maximum Gasteiger partial charge on any atom is 0.163 e. The lowest BCUT2D eigenvalue weighted by Gasteiger charge is -2.40. The topological polar surface area (TPSA) is 36.9 Å². The van der Waals surface area contributed by atoms with Gasteiger partial charge in [0.25, 0.3) is 0 Å². The predicted octanol–water partition coefficient (Wildman–Crippen LogP) is 9.18. The smallest absolute Gasteiger partial charge is 0.163 e. The SMILES string of the molecule is COc1ccc(CO[C@H](C)CCC/C=C/C=C/[C@H]2C[C@H](CC[P+](c3ccccc3)(c3ccccc3)c3ccccc3)OC(C)(C)O2)cc1. The lowest BCUT2D eigenvalue weighted by molar-refractivity contribution is -0.290. The third-order valence-corrected chi connectivity index (χ3v) is 13.5. The Morgan fingerprint density at radius 1 is 0.792 bits per heavy atom. The fourth-order valence-electron chi connectivity index (χ4n) is 6.59. The van der Waals surface area contributed by atoms with Crippen LogP contribution in [0.4, 0.5) is 0 Å². The monoisotopic (exact) mass is 663 g/mol. The van der Waals surface area contributed by atoms with E-state index in [0.29, 0.717) is 6.61 Å². The second-order valence-electron chi connectivity index (χ2n) is 13.1. The van der Waals surface area contributed by atoms with Crippen LogP contribution in [0.15, 0.2) is 140 Å². The fourth-order valence-corrected chi connectivity index (χ4v) is 11.0. The van der Waals surface area contributed by atoms with E-state index in [2.05, 4.69) is 134 Å². The highest BCUT2D eigenvalue weighted by molar-refractivity contribution is 7.95. The molecule has 0 spiro atoms. The molecule has 1 saturated heterocycles. The molecule has 0 saturated carbocycles. The summed E-state index contributed by atoms with van der Waals surface area (Å²) in [4.78, 5) is 0. The molecule has 5 rings (SSSR count). The highest BCUT2D eigenvalue weighted by Crippen LogP contribution is 2.56. The Morgan fingerprint density at radius 3 is 1.94 bits per heavy atom. The summed E-state index contributed by atoms with van der Waals surface area (Å²) in [5.41, 5.74) is 1.16. The van der Waals surface area contributed by atoms with Gasteiger partial charge in [0, 0.05) is 12.8 Å². The largest absolute Gasteiger partial charge is 0.497 e. The first kappa shape index (κ1) is 35.8. The summed E-state index contributed by atoms with van der Waals surface area (Å²) in [5.74, 6) is 0.227. The number of hydrogen-bond donors (Lipinski definition) is 0. The summed E-state index contributed by atoms with van der Waals surface area (Å²) in [6.07, 6.45) is 15.0. The average Bonchev–Trinajstić information content (AvgIpc) is 3.11. The summed E-state index contributed by atoms with van der Waals surface area (Å²) < 4.78 is 24.2. The van der Waals surface area contributed by atoms with Crippen LogP contribution in [0.25, 0.3) is 0 Å². The zero-order valence-electron chi connectivity index (χ0n) is 29.0. The fraction of sp³-hybridized carbons (Fsp3) is 0.349. The van der Waals surface area contributed by atoms with Crippen LogP contribution < -0.4 is 20.7 Å². The lowest BCUT2D eigenvalue weighted by atomic mass is 10.1. The molecule has 0 aliphatic carbocycles. The summed E-state index contributed by atoms with van der Waals surface area (Å²) >= 11 is 0. The molecule has 48 heavy (non-hydrogen) atoms. The molecule has 1 aliphatic heterocycles. The second-order valence-corrected chi connectivity index (χ2v) is 16.7. The van der Waals surface area contributed by atoms with E-state index in [1.807, 2.05) is 26.0 Å². The minimum atomic E-state index is -1.91. The quantitative estimate of drug-likeness (QED) is 0.0681. The van der Waals surface area contributed by atoms with E-state index in [9.17, 15) is 0 Å². The molecule has 0 amide bonds. The Kier molecular flexibility index (Phi) is 13.2. The summed E-state index contributed by atoms with van der Waals surface area (Å²) in [6.45, 7) is 6.86.